The summed E-state index contributed by atoms with van der Waals surface area (Å²) in [5.74, 6) is 0.835. The van der Waals surface area contributed by atoms with Crippen LogP contribution in [0, 0.1) is 10.1 Å². The maximum atomic E-state index is 11.8. The molecule has 1 aromatic carbocycles. The maximum absolute atomic E-state index is 11.8. The number of non-ortho nitro benzene ring substituents is 1. The predicted octanol–water partition coefficient (Wildman–Crippen LogP) is 5.00. The van der Waals surface area contributed by atoms with Gasteiger partial charge in [0.1, 0.15) is 11.5 Å². The van der Waals surface area contributed by atoms with E-state index < -0.39 is 4.92 Å². The minimum Gasteiger partial charge on any atom is -0.461 e. The van der Waals surface area contributed by atoms with Crippen molar-refractivity contribution in [2.45, 2.75) is 0 Å². The molecule has 0 spiro atoms. The van der Waals surface area contributed by atoms with E-state index in [2.05, 4.69) is 0 Å². The Morgan fingerprint density at radius 1 is 1.21 bits per heavy atom. The number of nitro groups is 1. The number of hydrogen-bond donors (Lipinski definition) is 0. The van der Waals surface area contributed by atoms with Crippen molar-refractivity contribution in [3.63, 3.8) is 0 Å². The number of nitro benzene ring substituents is 1. The number of benzene rings is 1. The molecule has 7 heteroatoms. The Hall–Kier alpha value is -3.12. The van der Waals surface area contributed by atoms with E-state index in [1.807, 2.05) is 0 Å². The Kier molecular flexibility index (Phi) is 4.31. The van der Waals surface area contributed by atoms with E-state index in [9.17, 15) is 14.9 Å². The molecule has 120 valence electrons. The highest BCUT2D eigenvalue weighted by Crippen LogP contribution is 2.32. The summed E-state index contributed by atoms with van der Waals surface area (Å²) >= 11 is 6.06. The zero-order valence-corrected chi connectivity index (χ0v) is 12.9. The normalized spacial score (nSPS) is 11.0. The van der Waals surface area contributed by atoms with Crippen molar-refractivity contribution in [2.24, 2.45) is 0 Å². The number of carbonyl (C=O) groups is 1. The van der Waals surface area contributed by atoms with E-state index >= 15 is 0 Å². The second-order valence-corrected chi connectivity index (χ2v) is 5.21. The molecule has 0 aliphatic rings. The van der Waals surface area contributed by atoms with Crippen molar-refractivity contribution in [3.8, 4) is 11.3 Å². The van der Waals surface area contributed by atoms with Crippen LogP contribution in [0.25, 0.3) is 17.4 Å². The van der Waals surface area contributed by atoms with Crippen LogP contribution in [0.2, 0.25) is 5.02 Å². The number of allylic oxidation sites excluding steroid dienone is 1. The molecule has 3 rings (SSSR count). The summed E-state index contributed by atoms with van der Waals surface area (Å²) in [6.07, 6.45) is 4.26. The van der Waals surface area contributed by atoms with Gasteiger partial charge in [-0.2, -0.15) is 0 Å². The summed E-state index contributed by atoms with van der Waals surface area (Å²) in [6.45, 7) is 0. The fourth-order valence-electron chi connectivity index (χ4n) is 2.06. The van der Waals surface area contributed by atoms with Gasteiger partial charge in [-0.1, -0.05) is 11.6 Å². The first kappa shape index (κ1) is 15.8. The largest absolute Gasteiger partial charge is 0.461 e. The van der Waals surface area contributed by atoms with Gasteiger partial charge in [0, 0.05) is 17.7 Å². The molecule has 0 bridgehead atoms. The molecule has 3 aromatic rings. The number of nitrogens with zero attached hydrogens (tertiary/aromatic N) is 1. The zero-order valence-electron chi connectivity index (χ0n) is 12.1. The Balaban J connectivity index is 1.81. The molecule has 24 heavy (non-hydrogen) atoms. The van der Waals surface area contributed by atoms with Gasteiger partial charge in [-0.05, 0) is 42.5 Å². The second kappa shape index (κ2) is 6.55. The minimum atomic E-state index is -0.522. The van der Waals surface area contributed by atoms with Crippen LogP contribution in [0.5, 0.6) is 0 Å². The highest BCUT2D eigenvalue weighted by molar-refractivity contribution is 6.33. The van der Waals surface area contributed by atoms with Crippen LogP contribution < -0.4 is 0 Å². The number of carbonyl (C=O) groups excluding carboxylic acids is 1. The second-order valence-electron chi connectivity index (χ2n) is 4.80. The Bertz CT molecular complexity index is 924. The molecule has 0 atom stereocenters. The average Bonchev–Trinajstić information content (AvgIpc) is 3.24. The van der Waals surface area contributed by atoms with Crippen LogP contribution in [0.15, 0.2) is 63.6 Å². The first-order chi connectivity index (χ1) is 11.5. The fraction of sp³-hybridized carbons (Fsp3) is 0. The summed E-state index contributed by atoms with van der Waals surface area (Å²) in [5, 5.41) is 10.9. The highest BCUT2D eigenvalue weighted by atomic mass is 35.5. The smallest absolute Gasteiger partial charge is 0.270 e. The molecule has 0 N–H and O–H groups in total. The molecular formula is C17H10ClNO5. The number of hydrogen-bond acceptors (Lipinski definition) is 5. The van der Waals surface area contributed by atoms with Crippen molar-refractivity contribution >= 4 is 29.1 Å². The number of furan rings is 2. The lowest BCUT2D eigenvalue weighted by molar-refractivity contribution is -0.384. The molecule has 0 aliphatic heterocycles. The maximum Gasteiger partial charge on any atom is 0.270 e. The Labute approximate surface area is 141 Å². The van der Waals surface area contributed by atoms with Crippen LogP contribution >= 0.6 is 11.6 Å². The fourth-order valence-corrected chi connectivity index (χ4v) is 2.33. The molecule has 0 saturated heterocycles. The molecule has 0 amide bonds. The standard InChI is InChI=1S/C17H10ClNO5/c18-14-10-11(19(21)22)3-6-13(14)16-8-5-12(24-16)4-7-15(20)17-2-1-9-23-17/h1-10H. The van der Waals surface area contributed by atoms with Crippen molar-refractivity contribution in [1.82, 2.24) is 0 Å². The molecule has 0 saturated carbocycles. The van der Waals surface area contributed by atoms with Crippen LogP contribution in [0.3, 0.4) is 0 Å². The van der Waals surface area contributed by atoms with Gasteiger partial charge in [-0.25, -0.2) is 0 Å². The summed E-state index contributed by atoms with van der Waals surface area (Å²) < 4.78 is 10.6. The molecule has 2 heterocycles. The number of halogens is 1. The van der Waals surface area contributed by atoms with Gasteiger partial charge in [0.15, 0.2) is 5.76 Å². The van der Waals surface area contributed by atoms with E-state index in [0.717, 1.165) is 0 Å². The van der Waals surface area contributed by atoms with Crippen LogP contribution in [-0.2, 0) is 0 Å². The van der Waals surface area contributed by atoms with E-state index in [-0.39, 0.29) is 22.3 Å². The summed E-state index contributed by atoms with van der Waals surface area (Å²) in [5.41, 5.74) is 0.429. The lowest BCUT2D eigenvalue weighted by Gasteiger charge is -2.00. The van der Waals surface area contributed by atoms with Gasteiger partial charge in [-0.15, -0.1) is 0 Å². The summed E-state index contributed by atoms with van der Waals surface area (Å²) in [7, 11) is 0. The average molecular weight is 344 g/mol. The van der Waals surface area contributed by atoms with Gasteiger partial charge in [-0.3, -0.25) is 14.9 Å². The zero-order chi connectivity index (χ0) is 17.1. The van der Waals surface area contributed by atoms with Crippen molar-refractivity contribution in [2.75, 3.05) is 0 Å². The van der Waals surface area contributed by atoms with Crippen LogP contribution in [-0.4, -0.2) is 10.7 Å². The third-order valence-electron chi connectivity index (χ3n) is 3.22. The number of ketones is 1. The number of rotatable bonds is 5. The van der Waals surface area contributed by atoms with Crippen molar-refractivity contribution in [3.05, 3.63) is 81.5 Å². The highest BCUT2D eigenvalue weighted by Gasteiger charge is 2.13. The molecular weight excluding hydrogens is 334 g/mol. The lowest BCUT2D eigenvalue weighted by Crippen LogP contribution is -1.89. The van der Waals surface area contributed by atoms with Crippen molar-refractivity contribution in [1.29, 1.82) is 0 Å². The molecule has 0 fully saturated rings. The van der Waals surface area contributed by atoms with Gasteiger partial charge in [0.25, 0.3) is 5.69 Å². The van der Waals surface area contributed by atoms with Crippen LogP contribution in [0.1, 0.15) is 16.3 Å². The molecule has 0 radical (unpaired) electrons. The topological polar surface area (TPSA) is 86.5 Å². The third-order valence-corrected chi connectivity index (χ3v) is 3.53. The van der Waals surface area contributed by atoms with E-state index in [4.69, 9.17) is 20.4 Å². The summed E-state index contributed by atoms with van der Waals surface area (Å²) in [4.78, 5) is 22.0. The van der Waals surface area contributed by atoms with Crippen molar-refractivity contribution < 1.29 is 18.6 Å². The third kappa shape index (κ3) is 3.28. The molecule has 6 nitrogen and oxygen atoms in total. The molecule has 0 aliphatic carbocycles. The SMILES string of the molecule is O=C(C=Cc1ccc(-c2ccc([N+](=O)[O-])cc2Cl)o1)c1ccco1. The first-order valence-corrected chi connectivity index (χ1v) is 7.22. The van der Waals surface area contributed by atoms with Gasteiger partial charge in [0.05, 0.1) is 16.2 Å². The Morgan fingerprint density at radius 2 is 2.04 bits per heavy atom. The molecule has 2 aromatic heterocycles. The monoisotopic (exact) mass is 343 g/mol. The lowest BCUT2D eigenvalue weighted by atomic mass is 10.1. The van der Waals surface area contributed by atoms with E-state index in [1.54, 1.807) is 24.3 Å². The Morgan fingerprint density at radius 3 is 2.71 bits per heavy atom. The molecule has 0 unspecified atom stereocenters. The van der Waals surface area contributed by atoms with Crippen LogP contribution in [0.4, 0.5) is 5.69 Å². The van der Waals surface area contributed by atoms with Gasteiger partial charge in [0.2, 0.25) is 5.78 Å². The van der Waals surface area contributed by atoms with Gasteiger partial charge >= 0.3 is 0 Å². The van der Waals surface area contributed by atoms with Gasteiger partial charge < -0.3 is 8.83 Å². The summed E-state index contributed by atoms with van der Waals surface area (Å²) in [6, 6.07) is 10.7. The van der Waals surface area contributed by atoms with E-state index in [1.165, 1.54) is 36.6 Å². The first-order valence-electron chi connectivity index (χ1n) is 6.84. The minimum absolute atomic E-state index is 0.0977. The van der Waals surface area contributed by atoms with E-state index in [0.29, 0.717) is 17.1 Å². The predicted molar refractivity (Wildman–Crippen MR) is 87.9 cm³/mol. The quantitative estimate of drug-likeness (QED) is 0.281.